The summed E-state index contributed by atoms with van der Waals surface area (Å²) in [6, 6.07) is 5.00. The van der Waals surface area contributed by atoms with E-state index >= 15 is 0 Å². The molecule has 3 rings (SSSR count). The molecule has 1 heterocycles. The molecule has 0 N–H and O–H groups in total. The third-order valence-corrected chi connectivity index (χ3v) is 5.07. The Labute approximate surface area is 124 Å². The van der Waals surface area contributed by atoms with Gasteiger partial charge < -0.3 is 4.90 Å². The number of benzene rings is 1. The van der Waals surface area contributed by atoms with E-state index in [1.807, 2.05) is 0 Å². The predicted octanol–water partition coefficient (Wildman–Crippen LogP) is 4.49. The topological polar surface area (TPSA) is 3.24 Å². The van der Waals surface area contributed by atoms with Crippen LogP contribution in [0.15, 0.2) is 12.1 Å². The van der Waals surface area contributed by atoms with Gasteiger partial charge >= 0.3 is 0 Å². The molecule has 0 fully saturated rings. The van der Waals surface area contributed by atoms with Crippen molar-refractivity contribution in [3.8, 4) is 0 Å². The smallest absolute Gasteiger partial charge is 0.0233 e. The van der Waals surface area contributed by atoms with Gasteiger partial charge in [0.1, 0.15) is 0 Å². The standard InChI is InChI=1S/C19H29N/c1-18(2,3)16-7-13-9-19(4,5)10-15-12-20(6)11-14(8-16)17(13)15/h7-8,15H,9-12H2,1-6H3/t15-/m1/s1. The zero-order valence-electron chi connectivity index (χ0n) is 14.0. The Hall–Kier alpha value is -0.820. The summed E-state index contributed by atoms with van der Waals surface area (Å²) in [5.74, 6) is 0.747. The summed E-state index contributed by atoms with van der Waals surface area (Å²) in [4.78, 5) is 2.50. The van der Waals surface area contributed by atoms with Crippen molar-refractivity contribution in [1.29, 1.82) is 0 Å². The molecule has 0 amide bonds. The first-order valence-corrected chi connectivity index (χ1v) is 8.00. The lowest BCUT2D eigenvalue weighted by Gasteiger charge is -2.44. The maximum Gasteiger partial charge on any atom is 0.0233 e. The molecule has 1 aromatic rings. The van der Waals surface area contributed by atoms with E-state index in [1.54, 1.807) is 16.7 Å². The number of nitrogens with zero attached hydrogens (tertiary/aromatic N) is 1. The van der Waals surface area contributed by atoms with Gasteiger partial charge in [-0.2, -0.15) is 0 Å². The van der Waals surface area contributed by atoms with Crippen LogP contribution in [0.1, 0.15) is 69.2 Å². The normalized spacial score (nSPS) is 25.4. The molecule has 1 heteroatoms. The molecule has 0 unspecified atom stereocenters. The van der Waals surface area contributed by atoms with Crippen LogP contribution in [-0.4, -0.2) is 18.5 Å². The third kappa shape index (κ3) is 2.41. The van der Waals surface area contributed by atoms with Gasteiger partial charge in [-0.15, -0.1) is 0 Å². The van der Waals surface area contributed by atoms with Crippen molar-refractivity contribution in [3.63, 3.8) is 0 Å². The Morgan fingerprint density at radius 1 is 1.15 bits per heavy atom. The van der Waals surface area contributed by atoms with Crippen molar-refractivity contribution in [2.45, 2.75) is 65.3 Å². The zero-order chi connectivity index (χ0) is 14.7. The SMILES string of the molecule is CN1Cc2cc(C(C)(C)C)cc3c2[C@@H](C1)CC(C)(C)C3. The fourth-order valence-electron chi connectivity index (χ4n) is 4.26. The molecule has 0 spiro atoms. The van der Waals surface area contributed by atoms with Gasteiger partial charge in [0.2, 0.25) is 0 Å². The molecule has 0 saturated heterocycles. The number of hydrogen-bond donors (Lipinski definition) is 0. The Morgan fingerprint density at radius 3 is 2.45 bits per heavy atom. The highest BCUT2D eigenvalue weighted by Crippen LogP contribution is 2.46. The molecule has 1 aromatic carbocycles. The van der Waals surface area contributed by atoms with Gasteiger partial charge in [0, 0.05) is 13.1 Å². The van der Waals surface area contributed by atoms with Gasteiger partial charge in [0.15, 0.2) is 0 Å². The molecule has 110 valence electrons. The van der Waals surface area contributed by atoms with Crippen molar-refractivity contribution in [3.05, 3.63) is 34.4 Å². The lowest BCUT2D eigenvalue weighted by molar-refractivity contribution is 0.206. The van der Waals surface area contributed by atoms with Crippen LogP contribution in [0.5, 0.6) is 0 Å². The van der Waals surface area contributed by atoms with E-state index in [9.17, 15) is 0 Å². The first-order chi connectivity index (χ1) is 9.16. The number of likely N-dealkylation sites (N-methyl/N-ethyl adjacent to an activating group) is 1. The first-order valence-electron chi connectivity index (χ1n) is 8.00. The largest absolute Gasteiger partial charge is 0.301 e. The molecule has 2 aliphatic rings. The zero-order valence-corrected chi connectivity index (χ0v) is 14.0. The van der Waals surface area contributed by atoms with E-state index < -0.39 is 0 Å². The second-order valence-electron chi connectivity index (χ2n) is 8.90. The van der Waals surface area contributed by atoms with Crippen molar-refractivity contribution < 1.29 is 0 Å². The van der Waals surface area contributed by atoms with E-state index in [4.69, 9.17) is 0 Å². The lowest BCUT2D eigenvalue weighted by atomic mass is 9.65. The highest BCUT2D eigenvalue weighted by molar-refractivity contribution is 5.47. The summed E-state index contributed by atoms with van der Waals surface area (Å²) in [6.07, 6.45) is 2.59. The van der Waals surface area contributed by atoms with Crippen LogP contribution in [-0.2, 0) is 18.4 Å². The molecular formula is C19H29N. The summed E-state index contributed by atoms with van der Waals surface area (Å²) in [6.45, 7) is 14.2. The predicted molar refractivity (Wildman–Crippen MR) is 86.3 cm³/mol. The average molecular weight is 271 g/mol. The van der Waals surface area contributed by atoms with Crippen molar-refractivity contribution >= 4 is 0 Å². The summed E-state index contributed by atoms with van der Waals surface area (Å²) in [5.41, 5.74) is 7.15. The quantitative estimate of drug-likeness (QED) is 0.672. The van der Waals surface area contributed by atoms with Crippen LogP contribution in [0.4, 0.5) is 0 Å². The van der Waals surface area contributed by atoms with E-state index in [2.05, 4.69) is 58.7 Å². The lowest BCUT2D eigenvalue weighted by Crippen LogP contribution is -2.38. The molecule has 1 atom stereocenters. The Bertz CT molecular complexity index is 533. The second-order valence-corrected chi connectivity index (χ2v) is 8.90. The minimum atomic E-state index is 0.249. The van der Waals surface area contributed by atoms with E-state index in [0.29, 0.717) is 5.41 Å². The minimum absolute atomic E-state index is 0.249. The van der Waals surface area contributed by atoms with Gasteiger partial charge in [0.05, 0.1) is 0 Å². The van der Waals surface area contributed by atoms with Crippen molar-refractivity contribution in [2.24, 2.45) is 5.41 Å². The number of hydrogen-bond acceptors (Lipinski definition) is 1. The van der Waals surface area contributed by atoms with Crippen LogP contribution >= 0.6 is 0 Å². The minimum Gasteiger partial charge on any atom is -0.301 e. The van der Waals surface area contributed by atoms with Crippen molar-refractivity contribution in [2.75, 3.05) is 13.6 Å². The van der Waals surface area contributed by atoms with Crippen LogP contribution in [0.25, 0.3) is 0 Å². The van der Waals surface area contributed by atoms with E-state index in [-0.39, 0.29) is 5.41 Å². The maximum atomic E-state index is 2.51. The first kappa shape index (κ1) is 14.1. The van der Waals surface area contributed by atoms with Gasteiger partial charge in [0.25, 0.3) is 0 Å². The monoisotopic (exact) mass is 271 g/mol. The van der Waals surface area contributed by atoms with Crippen LogP contribution in [0.3, 0.4) is 0 Å². The molecule has 1 nitrogen and oxygen atoms in total. The second kappa shape index (κ2) is 4.34. The molecule has 1 aliphatic carbocycles. The fraction of sp³-hybridized carbons (Fsp3) is 0.684. The summed E-state index contributed by atoms with van der Waals surface area (Å²) in [7, 11) is 2.27. The van der Waals surface area contributed by atoms with Gasteiger partial charge in [-0.3, -0.25) is 0 Å². The average Bonchev–Trinajstić information content (AvgIpc) is 2.23. The molecule has 0 aromatic heterocycles. The molecule has 0 radical (unpaired) electrons. The summed E-state index contributed by atoms with van der Waals surface area (Å²) >= 11 is 0. The summed E-state index contributed by atoms with van der Waals surface area (Å²) in [5, 5.41) is 0. The van der Waals surface area contributed by atoms with Crippen LogP contribution < -0.4 is 0 Å². The van der Waals surface area contributed by atoms with Crippen LogP contribution in [0, 0.1) is 5.41 Å². The summed E-state index contributed by atoms with van der Waals surface area (Å²) < 4.78 is 0. The molecule has 1 aliphatic heterocycles. The van der Waals surface area contributed by atoms with E-state index in [0.717, 1.165) is 12.5 Å². The van der Waals surface area contributed by atoms with Crippen molar-refractivity contribution in [1.82, 2.24) is 4.90 Å². The van der Waals surface area contributed by atoms with Gasteiger partial charge in [-0.25, -0.2) is 0 Å². The highest BCUT2D eigenvalue weighted by atomic mass is 15.1. The van der Waals surface area contributed by atoms with Gasteiger partial charge in [-0.1, -0.05) is 46.8 Å². The van der Waals surface area contributed by atoms with Crippen LogP contribution in [0.2, 0.25) is 0 Å². The Kier molecular flexibility index (Phi) is 3.06. The van der Waals surface area contributed by atoms with E-state index in [1.165, 1.54) is 24.9 Å². The Morgan fingerprint density at radius 2 is 1.80 bits per heavy atom. The Balaban J connectivity index is 2.17. The fourth-order valence-corrected chi connectivity index (χ4v) is 4.26. The third-order valence-electron chi connectivity index (χ3n) is 5.07. The molecule has 0 saturated carbocycles. The molecule has 20 heavy (non-hydrogen) atoms. The molecule has 0 bridgehead atoms. The van der Waals surface area contributed by atoms with Gasteiger partial charge in [-0.05, 0) is 58.9 Å². The number of rotatable bonds is 0. The highest BCUT2D eigenvalue weighted by Gasteiger charge is 2.37. The molecular weight excluding hydrogens is 242 g/mol. The maximum absolute atomic E-state index is 2.51.